The van der Waals surface area contributed by atoms with Crippen molar-refractivity contribution in [1.29, 1.82) is 0 Å². The smallest absolute Gasteiger partial charge is 0.373 e. The van der Waals surface area contributed by atoms with Crippen molar-refractivity contribution in [3.63, 3.8) is 0 Å². The van der Waals surface area contributed by atoms with Crippen LogP contribution < -0.4 is 4.90 Å². The number of fused-ring (bicyclic) bond motifs is 1. The lowest BCUT2D eigenvalue weighted by Gasteiger charge is -2.32. The van der Waals surface area contributed by atoms with E-state index in [0.29, 0.717) is 51.7 Å². The normalized spacial score (nSPS) is 14.1. The summed E-state index contributed by atoms with van der Waals surface area (Å²) < 4.78 is 44.1. The van der Waals surface area contributed by atoms with Crippen molar-refractivity contribution in [2.45, 2.75) is 32.0 Å². The van der Waals surface area contributed by atoms with Gasteiger partial charge < -0.3 is 19.1 Å². The molecule has 0 saturated carbocycles. The van der Waals surface area contributed by atoms with Crippen LogP contribution >= 0.6 is 11.6 Å². The van der Waals surface area contributed by atoms with Crippen molar-refractivity contribution in [2.24, 2.45) is 14.1 Å². The van der Waals surface area contributed by atoms with Gasteiger partial charge in [0.2, 0.25) is 0 Å². The van der Waals surface area contributed by atoms with Crippen LogP contribution in [0, 0.1) is 13.8 Å². The quantitative estimate of drug-likeness (QED) is 0.389. The number of anilines is 1. The predicted molar refractivity (Wildman–Crippen MR) is 131 cm³/mol. The van der Waals surface area contributed by atoms with E-state index in [1.165, 1.54) is 0 Å². The monoisotopic (exact) mass is 516 g/mol. The Morgan fingerprint density at radius 1 is 1.03 bits per heavy atom. The lowest BCUT2D eigenvalue weighted by molar-refractivity contribution is -0.127. The van der Waals surface area contributed by atoms with E-state index >= 15 is 0 Å². The van der Waals surface area contributed by atoms with Crippen molar-refractivity contribution in [1.82, 2.24) is 24.1 Å². The third-order valence-electron chi connectivity index (χ3n) is 6.86. The standard InChI is InChI=1S/C25H24ClF3N6O/c1-14-30-12-20(33(14)3)25(36,21-13-31-15(2)34(21)4)16-6-7-19-17(10-16)22(35-8-5-9-35)18(23(26)32-19)11-24(27,28)29/h5-8,10,12-13,36H,9,11H2,1-4H3. The molecule has 0 amide bonds. The zero-order chi connectivity index (χ0) is 26.0. The van der Waals surface area contributed by atoms with Gasteiger partial charge >= 0.3 is 6.18 Å². The molecule has 1 aliphatic rings. The number of rotatable bonds is 5. The first kappa shape index (κ1) is 24.3. The Hall–Kier alpha value is -3.37. The third kappa shape index (κ3) is 3.75. The second kappa shape index (κ2) is 8.35. The highest BCUT2D eigenvalue weighted by atomic mass is 35.5. The molecule has 0 atom stereocenters. The highest BCUT2D eigenvalue weighted by Gasteiger charge is 2.41. The number of nitrogens with zero attached hydrogens (tertiary/aromatic N) is 6. The van der Waals surface area contributed by atoms with Gasteiger partial charge in [-0.05, 0) is 37.6 Å². The van der Waals surface area contributed by atoms with Crippen LogP contribution in [0.3, 0.4) is 0 Å². The van der Waals surface area contributed by atoms with Crippen LogP contribution in [0.2, 0.25) is 5.15 Å². The molecule has 11 heteroatoms. The van der Waals surface area contributed by atoms with Gasteiger partial charge in [-0.1, -0.05) is 17.7 Å². The largest absolute Gasteiger partial charge is 0.393 e. The van der Waals surface area contributed by atoms with Gasteiger partial charge in [0.05, 0.1) is 41.4 Å². The molecule has 188 valence electrons. The molecule has 0 saturated heterocycles. The fourth-order valence-electron chi connectivity index (χ4n) is 4.65. The molecule has 0 bridgehead atoms. The summed E-state index contributed by atoms with van der Waals surface area (Å²) in [4.78, 5) is 14.7. The maximum atomic E-state index is 13.5. The van der Waals surface area contributed by atoms with Crippen molar-refractivity contribution in [3.05, 3.63) is 82.2 Å². The molecular formula is C25H24ClF3N6O. The molecule has 0 radical (unpaired) electrons. The molecule has 4 heterocycles. The molecule has 0 aliphatic carbocycles. The van der Waals surface area contributed by atoms with Crippen LogP contribution in [-0.2, 0) is 26.1 Å². The number of aryl methyl sites for hydroxylation is 2. The molecule has 1 N–H and O–H groups in total. The van der Waals surface area contributed by atoms with E-state index in [4.69, 9.17) is 11.6 Å². The summed E-state index contributed by atoms with van der Waals surface area (Å²) in [6.45, 7) is 4.08. The van der Waals surface area contributed by atoms with E-state index in [9.17, 15) is 18.3 Å². The van der Waals surface area contributed by atoms with Gasteiger partial charge in [0.15, 0.2) is 5.60 Å². The van der Waals surface area contributed by atoms with Gasteiger partial charge in [-0.2, -0.15) is 13.2 Å². The molecule has 4 aromatic rings. The first-order valence-corrected chi connectivity index (χ1v) is 11.6. The molecule has 5 rings (SSSR count). The predicted octanol–water partition coefficient (Wildman–Crippen LogP) is 4.69. The number of imidazole rings is 2. The van der Waals surface area contributed by atoms with Crippen molar-refractivity contribution >= 4 is 28.2 Å². The maximum absolute atomic E-state index is 13.5. The number of halogens is 4. The molecule has 0 fully saturated rings. The number of aliphatic hydroxyl groups is 1. The van der Waals surface area contributed by atoms with Gasteiger partial charge in [0, 0.05) is 37.8 Å². The molecule has 0 spiro atoms. The molecule has 7 nitrogen and oxygen atoms in total. The summed E-state index contributed by atoms with van der Waals surface area (Å²) >= 11 is 6.27. The second-order valence-electron chi connectivity index (χ2n) is 9.00. The Morgan fingerprint density at radius 2 is 1.61 bits per heavy atom. The van der Waals surface area contributed by atoms with Crippen LogP contribution in [-0.4, -0.2) is 41.9 Å². The first-order valence-electron chi connectivity index (χ1n) is 11.2. The molecule has 3 aromatic heterocycles. The highest BCUT2D eigenvalue weighted by molar-refractivity contribution is 6.31. The van der Waals surface area contributed by atoms with E-state index in [-0.39, 0.29) is 10.7 Å². The van der Waals surface area contributed by atoms with Gasteiger partial charge in [-0.3, -0.25) is 0 Å². The van der Waals surface area contributed by atoms with Crippen LogP contribution in [0.5, 0.6) is 0 Å². The Labute approximate surface area is 210 Å². The number of aromatic nitrogens is 5. The zero-order valence-corrected chi connectivity index (χ0v) is 20.9. The van der Waals surface area contributed by atoms with Gasteiger partial charge in [-0.15, -0.1) is 0 Å². The van der Waals surface area contributed by atoms with Gasteiger partial charge in [-0.25, -0.2) is 15.0 Å². The minimum absolute atomic E-state index is 0.102. The number of hydrogen-bond acceptors (Lipinski definition) is 5. The van der Waals surface area contributed by atoms with Crippen molar-refractivity contribution in [2.75, 3.05) is 11.4 Å². The van der Waals surface area contributed by atoms with E-state index < -0.39 is 18.2 Å². The highest BCUT2D eigenvalue weighted by Crippen LogP contribution is 2.43. The fraction of sp³-hybridized carbons (Fsp3) is 0.320. The molecule has 0 unspecified atom stereocenters. The van der Waals surface area contributed by atoms with E-state index in [1.807, 2.05) is 19.9 Å². The fourth-order valence-corrected chi connectivity index (χ4v) is 4.89. The first-order chi connectivity index (χ1) is 16.9. The van der Waals surface area contributed by atoms with Gasteiger partial charge in [0.25, 0.3) is 0 Å². The third-order valence-corrected chi connectivity index (χ3v) is 7.17. The SMILES string of the molecule is Cc1ncc(C(O)(c2ccc3nc(Cl)c(CC(F)(F)F)c(N4C=CC4)c3c2)c2cnc(C)n2C)n1C. The Bertz CT molecular complexity index is 1470. The Kier molecular flexibility index (Phi) is 5.64. The van der Waals surface area contributed by atoms with Crippen molar-refractivity contribution in [3.8, 4) is 0 Å². The summed E-state index contributed by atoms with van der Waals surface area (Å²) in [6, 6.07) is 5.05. The second-order valence-corrected chi connectivity index (χ2v) is 9.36. The average molecular weight is 517 g/mol. The van der Waals surface area contributed by atoms with Crippen LogP contribution in [0.1, 0.15) is 34.2 Å². The summed E-state index contributed by atoms with van der Waals surface area (Å²) in [5, 5.41) is 12.7. The Balaban J connectivity index is 1.82. The van der Waals surface area contributed by atoms with Crippen LogP contribution in [0.25, 0.3) is 10.9 Å². The molecular weight excluding hydrogens is 493 g/mol. The zero-order valence-electron chi connectivity index (χ0n) is 20.1. The minimum Gasteiger partial charge on any atom is -0.373 e. The van der Waals surface area contributed by atoms with E-state index in [1.54, 1.807) is 64.9 Å². The summed E-state index contributed by atoms with van der Waals surface area (Å²) in [7, 11) is 3.60. The van der Waals surface area contributed by atoms with E-state index in [0.717, 1.165) is 0 Å². The van der Waals surface area contributed by atoms with Gasteiger partial charge in [0.1, 0.15) is 16.8 Å². The summed E-state index contributed by atoms with van der Waals surface area (Å²) in [5.41, 5.74) is 0.372. The van der Waals surface area contributed by atoms with Crippen LogP contribution in [0.4, 0.5) is 18.9 Å². The van der Waals surface area contributed by atoms with E-state index in [2.05, 4.69) is 15.0 Å². The number of pyridine rings is 1. The average Bonchev–Trinajstić information content (AvgIpc) is 3.29. The minimum atomic E-state index is -4.47. The Morgan fingerprint density at radius 3 is 2.06 bits per heavy atom. The van der Waals surface area contributed by atoms with Crippen molar-refractivity contribution < 1.29 is 18.3 Å². The number of alkyl halides is 3. The lowest BCUT2D eigenvalue weighted by atomic mass is 9.86. The van der Waals surface area contributed by atoms with Crippen LogP contribution in [0.15, 0.2) is 42.9 Å². The number of benzene rings is 1. The summed E-state index contributed by atoms with van der Waals surface area (Å²) in [5.74, 6) is 1.38. The molecule has 1 aromatic carbocycles. The number of hydrogen-bond donors (Lipinski definition) is 1. The molecule has 36 heavy (non-hydrogen) atoms. The molecule has 1 aliphatic heterocycles. The topological polar surface area (TPSA) is 72.0 Å². The summed E-state index contributed by atoms with van der Waals surface area (Å²) in [6.07, 6.45) is 1.05. The maximum Gasteiger partial charge on any atom is 0.393 e. The lowest BCUT2D eigenvalue weighted by Crippen LogP contribution is -2.34.